The zero-order valence-corrected chi connectivity index (χ0v) is 10.9. The lowest BCUT2D eigenvalue weighted by atomic mass is 10.2. The second-order valence-electron chi connectivity index (χ2n) is 3.06. The fourth-order valence-electron chi connectivity index (χ4n) is 1.03. The number of nitrogens with two attached hydrogens (primary N) is 1. The molecule has 0 bridgehead atoms. The van der Waals surface area contributed by atoms with E-state index in [0.29, 0.717) is 15.6 Å². The van der Waals surface area contributed by atoms with E-state index in [2.05, 4.69) is 4.99 Å². The number of rotatable bonds is 3. The van der Waals surface area contributed by atoms with Gasteiger partial charge in [0.05, 0.1) is 6.54 Å². The van der Waals surface area contributed by atoms with Crippen molar-refractivity contribution in [3.05, 3.63) is 33.8 Å². The van der Waals surface area contributed by atoms with Crippen LogP contribution in [0.1, 0.15) is 5.56 Å². The lowest BCUT2D eigenvalue weighted by Gasteiger charge is -2.07. The van der Waals surface area contributed by atoms with Gasteiger partial charge >= 0.3 is 7.75 Å². The zero-order chi connectivity index (χ0) is 13.1. The summed E-state index contributed by atoms with van der Waals surface area (Å²) in [6.45, 7) is 0.0251. The maximum Gasteiger partial charge on any atom is 0.429 e. The minimum absolute atomic E-state index is 0.0251. The minimum Gasteiger partial charge on any atom is -0.370 e. The first-order valence-corrected chi connectivity index (χ1v) is 6.73. The van der Waals surface area contributed by atoms with Crippen molar-refractivity contribution in [3.8, 4) is 0 Å². The van der Waals surface area contributed by atoms with Gasteiger partial charge < -0.3 is 15.5 Å². The Morgan fingerprint density at radius 3 is 2.41 bits per heavy atom. The molecule has 0 atom stereocenters. The van der Waals surface area contributed by atoms with Crippen molar-refractivity contribution in [1.82, 2.24) is 5.09 Å². The molecule has 17 heavy (non-hydrogen) atoms. The molecule has 0 unspecified atom stereocenters. The molecular formula is C8H10Cl2N3O3P. The van der Waals surface area contributed by atoms with Crippen molar-refractivity contribution >= 4 is 36.9 Å². The zero-order valence-electron chi connectivity index (χ0n) is 8.47. The van der Waals surface area contributed by atoms with Crippen molar-refractivity contribution in [2.24, 2.45) is 10.7 Å². The van der Waals surface area contributed by atoms with Crippen LogP contribution in [0.25, 0.3) is 0 Å². The Morgan fingerprint density at radius 2 is 1.94 bits per heavy atom. The summed E-state index contributed by atoms with van der Waals surface area (Å²) >= 11 is 11.8. The topological polar surface area (TPSA) is 108 Å². The summed E-state index contributed by atoms with van der Waals surface area (Å²) in [7, 11) is -4.44. The number of guanidine groups is 1. The van der Waals surface area contributed by atoms with E-state index < -0.39 is 7.75 Å². The highest BCUT2D eigenvalue weighted by Gasteiger charge is 2.13. The van der Waals surface area contributed by atoms with Crippen molar-refractivity contribution in [3.63, 3.8) is 0 Å². The Morgan fingerprint density at radius 1 is 1.41 bits per heavy atom. The third-order valence-electron chi connectivity index (χ3n) is 1.73. The van der Waals surface area contributed by atoms with Crippen LogP contribution < -0.4 is 10.8 Å². The van der Waals surface area contributed by atoms with Crippen LogP contribution in [0.4, 0.5) is 0 Å². The Balaban J connectivity index is 2.79. The molecule has 0 aliphatic rings. The summed E-state index contributed by atoms with van der Waals surface area (Å²) in [5.74, 6) is -0.380. The average Bonchev–Trinajstić information content (AvgIpc) is 2.14. The van der Waals surface area contributed by atoms with Crippen molar-refractivity contribution in [2.45, 2.75) is 6.54 Å². The summed E-state index contributed by atoms with van der Waals surface area (Å²) in [6.07, 6.45) is 0. The van der Waals surface area contributed by atoms with Crippen molar-refractivity contribution < 1.29 is 14.4 Å². The molecule has 0 fully saturated rings. The van der Waals surface area contributed by atoms with E-state index in [9.17, 15) is 4.57 Å². The van der Waals surface area contributed by atoms with E-state index >= 15 is 0 Å². The van der Waals surface area contributed by atoms with Gasteiger partial charge in [0.2, 0.25) is 0 Å². The van der Waals surface area contributed by atoms with E-state index in [-0.39, 0.29) is 12.5 Å². The van der Waals surface area contributed by atoms with Crippen molar-refractivity contribution in [1.29, 1.82) is 0 Å². The SMILES string of the molecule is NC(=NCc1c(Cl)cccc1Cl)NP(=O)(O)O. The standard InChI is InChI=1S/C8H10Cl2N3O3P/c9-6-2-1-3-7(10)5(6)4-12-8(11)13-17(14,15)16/h1-3H,4H2,(H5,11,12,13,14,15,16). The van der Waals surface area contributed by atoms with Crippen LogP contribution in [0.5, 0.6) is 0 Å². The van der Waals surface area contributed by atoms with Crippen LogP contribution in [-0.4, -0.2) is 15.7 Å². The normalized spacial score (nSPS) is 12.6. The van der Waals surface area contributed by atoms with Gasteiger partial charge in [-0.05, 0) is 12.1 Å². The molecule has 0 radical (unpaired) electrons. The van der Waals surface area contributed by atoms with Crippen LogP contribution in [0, 0.1) is 0 Å². The smallest absolute Gasteiger partial charge is 0.370 e. The van der Waals surface area contributed by atoms with E-state index in [1.807, 2.05) is 0 Å². The van der Waals surface area contributed by atoms with Crippen LogP contribution >= 0.6 is 30.9 Å². The minimum atomic E-state index is -4.44. The first-order valence-electron chi connectivity index (χ1n) is 4.36. The maximum atomic E-state index is 10.6. The summed E-state index contributed by atoms with van der Waals surface area (Å²) in [6, 6.07) is 4.94. The van der Waals surface area contributed by atoms with Gasteiger partial charge in [0.15, 0.2) is 5.96 Å². The molecule has 94 valence electrons. The second kappa shape index (κ2) is 5.71. The maximum absolute atomic E-state index is 10.6. The van der Waals surface area contributed by atoms with Crippen molar-refractivity contribution in [2.75, 3.05) is 0 Å². The number of benzene rings is 1. The fourth-order valence-corrected chi connectivity index (χ4v) is 1.92. The lowest BCUT2D eigenvalue weighted by molar-refractivity contribution is 0.367. The molecule has 5 N–H and O–H groups in total. The van der Waals surface area contributed by atoms with Crippen LogP contribution in [0.15, 0.2) is 23.2 Å². The van der Waals surface area contributed by atoms with Crippen LogP contribution in [0.2, 0.25) is 10.0 Å². The van der Waals surface area contributed by atoms with Gasteiger partial charge in [-0.3, -0.25) is 5.09 Å². The number of hydrogen-bond donors (Lipinski definition) is 4. The molecule has 0 heterocycles. The molecule has 9 heteroatoms. The summed E-state index contributed by atoms with van der Waals surface area (Å²) in [5, 5.41) is 2.55. The van der Waals surface area contributed by atoms with E-state index in [1.165, 1.54) is 0 Å². The first-order chi connectivity index (χ1) is 7.79. The van der Waals surface area contributed by atoms with E-state index in [0.717, 1.165) is 0 Å². The van der Waals surface area contributed by atoms with Gasteiger partial charge in [-0.15, -0.1) is 0 Å². The molecule has 0 saturated carbocycles. The Kier molecular flexibility index (Phi) is 4.80. The molecule has 0 amide bonds. The third kappa shape index (κ3) is 4.93. The number of hydrogen-bond acceptors (Lipinski definition) is 2. The number of nitrogens with one attached hydrogen (secondary N) is 1. The number of aliphatic imine (C=N–C) groups is 1. The summed E-state index contributed by atoms with van der Waals surface area (Å²) in [5.41, 5.74) is 5.80. The fraction of sp³-hybridized carbons (Fsp3) is 0.125. The van der Waals surface area contributed by atoms with Gasteiger partial charge in [-0.1, -0.05) is 29.3 Å². The highest BCUT2D eigenvalue weighted by molar-refractivity contribution is 7.50. The number of nitrogens with zero attached hydrogens (tertiary/aromatic N) is 1. The van der Waals surface area contributed by atoms with Gasteiger partial charge in [-0.2, -0.15) is 0 Å². The molecule has 0 aliphatic carbocycles. The van der Waals surface area contributed by atoms with Gasteiger partial charge in [0, 0.05) is 15.6 Å². The van der Waals surface area contributed by atoms with Gasteiger partial charge in [-0.25, -0.2) is 9.56 Å². The molecule has 0 aromatic heterocycles. The lowest BCUT2D eigenvalue weighted by Crippen LogP contribution is -2.28. The molecule has 1 aromatic rings. The molecular weight excluding hydrogens is 288 g/mol. The molecule has 0 aliphatic heterocycles. The first kappa shape index (κ1) is 14.3. The largest absolute Gasteiger partial charge is 0.429 e. The molecule has 6 nitrogen and oxygen atoms in total. The predicted molar refractivity (Wildman–Crippen MR) is 67.0 cm³/mol. The van der Waals surface area contributed by atoms with Crippen LogP contribution in [-0.2, 0) is 11.1 Å². The summed E-state index contributed by atoms with van der Waals surface area (Å²) < 4.78 is 10.6. The Labute approximate surface area is 108 Å². The number of halogens is 2. The van der Waals surface area contributed by atoms with Gasteiger partial charge in [0.1, 0.15) is 0 Å². The van der Waals surface area contributed by atoms with E-state index in [4.69, 9.17) is 38.7 Å². The summed E-state index contributed by atoms with van der Waals surface area (Å²) in [4.78, 5) is 20.9. The molecule has 0 saturated heterocycles. The molecule has 1 aromatic carbocycles. The highest BCUT2D eigenvalue weighted by atomic mass is 35.5. The van der Waals surface area contributed by atoms with Gasteiger partial charge in [0.25, 0.3) is 0 Å². The molecule has 1 rings (SSSR count). The van der Waals surface area contributed by atoms with E-state index in [1.54, 1.807) is 23.3 Å². The monoisotopic (exact) mass is 297 g/mol. The second-order valence-corrected chi connectivity index (χ2v) is 5.18. The Bertz CT molecular complexity index is 469. The highest BCUT2D eigenvalue weighted by Crippen LogP contribution is 2.28. The Hall–Kier alpha value is -0.780. The third-order valence-corrected chi connectivity index (χ3v) is 2.96. The predicted octanol–water partition coefficient (Wildman–Crippen LogP) is 1.49. The quantitative estimate of drug-likeness (QED) is 0.384. The molecule has 0 spiro atoms. The average molecular weight is 298 g/mol. The van der Waals surface area contributed by atoms with Crippen LogP contribution in [0.3, 0.4) is 0 Å².